The minimum atomic E-state index is 0.402. The second kappa shape index (κ2) is 5.63. The lowest BCUT2D eigenvalue weighted by molar-refractivity contribution is 0.0963. The van der Waals surface area contributed by atoms with E-state index in [0.717, 1.165) is 24.5 Å². The second-order valence-electron chi connectivity index (χ2n) is 6.94. The highest BCUT2D eigenvalue weighted by atomic mass is 16.5. The van der Waals surface area contributed by atoms with E-state index in [9.17, 15) is 0 Å². The van der Waals surface area contributed by atoms with Gasteiger partial charge in [-0.05, 0) is 38.1 Å². The normalized spacial score (nSPS) is 24.3. The van der Waals surface area contributed by atoms with Crippen LogP contribution in [0, 0.1) is 0 Å². The molecule has 5 heteroatoms. The van der Waals surface area contributed by atoms with Gasteiger partial charge < -0.3 is 20.3 Å². The van der Waals surface area contributed by atoms with Gasteiger partial charge in [-0.15, -0.1) is 0 Å². The van der Waals surface area contributed by atoms with E-state index >= 15 is 0 Å². The average Bonchev–Trinajstić information content (AvgIpc) is 3.26. The van der Waals surface area contributed by atoms with E-state index < -0.39 is 0 Å². The minimum absolute atomic E-state index is 0.402. The van der Waals surface area contributed by atoms with E-state index in [0.29, 0.717) is 12.1 Å². The first-order valence-electron chi connectivity index (χ1n) is 8.43. The third kappa shape index (κ3) is 2.88. The fourth-order valence-corrected chi connectivity index (χ4v) is 3.29. The van der Waals surface area contributed by atoms with Crippen LogP contribution in [0.15, 0.2) is 18.2 Å². The maximum atomic E-state index is 6.14. The molecule has 0 amide bonds. The summed E-state index contributed by atoms with van der Waals surface area (Å²) in [5.74, 6) is 0.849. The molecule has 120 valence electrons. The number of ether oxygens (including phenoxy) is 1. The summed E-state index contributed by atoms with van der Waals surface area (Å²) in [5.41, 5.74) is 8.14. The Bertz CT molecular complexity index is 531. The summed E-state index contributed by atoms with van der Waals surface area (Å²) < 4.78 is 5.81. The van der Waals surface area contributed by atoms with Crippen molar-refractivity contribution in [2.24, 2.45) is 0 Å². The van der Waals surface area contributed by atoms with Crippen LogP contribution in [0.2, 0.25) is 0 Å². The van der Waals surface area contributed by atoms with E-state index in [1.54, 1.807) is 0 Å². The molecule has 0 aromatic heterocycles. The number of nitrogens with two attached hydrogens (primary N) is 1. The summed E-state index contributed by atoms with van der Waals surface area (Å²) in [5, 5.41) is 0. The zero-order valence-corrected chi connectivity index (χ0v) is 13.4. The molecule has 2 heterocycles. The van der Waals surface area contributed by atoms with Crippen LogP contribution < -0.4 is 15.4 Å². The van der Waals surface area contributed by atoms with Gasteiger partial charge in [0.05, 0.1) is 11.8 Å². The van der Waals surface area contributed by atoms with E-state index in [2.05, 4.69) is 33.9 Å². The quantitative estimate of drug-likeness (QED) is 0.848. The number of benzene rings is 1. The SMILES string of the molecule is CN1CCN(C2CN(c3ccc(OC4CC4)c(N)c3)C2)CC1. The summed E-state index contributed by atoms with van der Waals surface area (Å²) in [6.07, 6.45) is 2.74. The fourth-order valence-electron chi connectivity index (χ4n) is 3.29. The summed E-state index contributed by atoms with van der Waals surface area (Å²) in [7, 11) is 2.21. The predicted octanol–water partition coefficient (Wildman–Crippen LogP) is 1.25. The maximum absolute atomic E-state index is 6.14. The van der Waals surface area contributed by atoms with Gasteiger partial charge in [-0.3, -0.25) is 4.90 Å². The van der Waals surface area contributed by atoms with Gasteiger partial charge in [-0.25, -0.2) is 0 Å². The van der Waals surface area contributed by atoms with Crippen LogP contribution >= 0.6 is 0 Å². The molecule has 1 saturated carbocycles. The number of hydrogen-bond donors (Lipinski definition) is 1. The van der Waals surface area contributed by atoms with E-state index in [-0.39, 0.29) is 0 Å². The number of rotatable bonds is 4. The third-order valence-electron chi connectivity index (χ3n) is 5.09. The van der Waals surface area contributed by atoms with Crippen LogP contribution in [0.3, 0.4) is 0 Å². The molecule has 4 rings (SSSR count). The fraction of sp³-hybridized carbons (Fsp3) is 0.647. The van der Waals surface area contributed by atoms with Gasteiger partial charge in [-0.2, -0.15) is 0 Å². The zero-order chi connectivity index (χ0) is 15.1. The van der Waals surface area contributed by atoms with Gasteiger partial charge in [0.25, 0.3) is 0 Å². The maximum Gasteiger partial charge on any atom is 0.142 e. The number of hydrogen-bond acceptors (Lipinski definition) is 5. The lowest BCUT2D eigenvalue weighted by Gasteiger charge is -2.48. The van der Waals surface area contributed by atoms with Crippen molar-refractivity contribution in [2.75, 3.05) is 56.9 Å². The summed E-state index contributed by atoms with van der Waals surface area (Å²) in [6.45, 7) is 7.02. The van der Waals surface area contributed by atoms with Crippen molar-refractivity contribution in [1.29, 1.82) is 0 Å². The van der Waals surface area contributed by atoms with Crippen molar-refractivity contribution in [2.45, 2.75) is 25.0 Å². The van der Waals surface area contributed by atoms with Crippen LogP contribution in [0.5, 0.6) is 5.75 Å². The molecule has 0 radical (unpaired) electrons. The third-order valence-corrected chi connectivity index (χ3v) is 5.09. The Kier molecular flexibility index (Phi) is 3.62. The van der Waals surface area contributed by atoms with E-state index in [4.69, 9.17) is 10.5 Å². The van der Waals surface area contributed by atoms with Crippen molar-refractivity contribution >= 4 is 11.4 Å². The first kappa shape index (κ1) is 14.2. The molecule has 1 aromatic rings. The van der Waals surface area contributed by atoms with Gasteiger partial charge in [-0.1, -0.05) is 0 Å². The smallest absolute Gasteiger partial charge is 0.142 e. The first-order chi connectivity index (χ1) is 10.7. The highest BCUT2D eigenvalue weighted by Gasteiger charge is 2.33. The number of likely N-dealkylation sites (N-methyl/N-ethyl adjacent to an activating group) is 1. The summed E-state index contributed by atoms with van der Waals surface area (Å²) in [4.78, 5) is 7.46. The first-order valence-corrected chi connectivity index (χ1v) is 8.43. The highest BCUT2D eigenvalue weighted by molar-refractivity contribution is 5.64. The molecular weight excluding hydrogens is 276 g/mol. The number of nitrogen functional groups attached to an aromatic ring is 1. The zero-order valence-electron chi connectivity index (χ0n) is 13.4. The second-order valence-corrected chi connectivity index (χ2v) is 6.94. The number of piperazine rings is 1. The molecule has 0 bridgehead atoms. The van der Waals surface area contributed by atoms with Crippen molar-refractivity contribution in [3.63, 3.8) is 0 Å². The van der Waals surface area contributed by atoms with Crippen LogP contribution in [0.1, 0.15) is 12.8 Å². The highest BCUT2D eigenvalue weighted by Crippen LogP contribution is 2.34. The van der Waals surface area contributed by atoms with Gasteiger partial charge in [0.15, 0.2) is 0 Å². The van der Waals surface area contributed by atoms with Gasteiger partial charge in [0.2, 0.25) is 0 Å². The van der Waals surface area contributed by atoms with Crippen LogP contribution in [0.25, 0.3) is 0 Å². The number of anilines is 2. The minimum Gasteiger partial charge on any atom is -0.488 e. The Morgan fingerprint density at radius 2 is 1.82 bits per heavy atom. The molecule has 5 nitrogen and oxygen atoms in total. The summed E-state index contributed by atoms with van der Waals surface area (Å²) >= 11 is 0. The molecule has 3 aliphatic rings. The Labute approximate surface area is 132 Å². The average molecular weight is 302 g/mol. The Balaban J connectivity index is 1.33. The van der Waals surface area contributed by atoms with E-state index in [1.165, 1.54) is 44.7 Å². The van der Waals surface area contributed by atoms with Crippen molar-refractivity contribution in [3.8, 4) is 5.75 Å². The molecule has 0 unspecified atom stereocenters. The largest absolute Gasteiger partial charge is 0.488 e. The van der Waals surface area contributed by atoms with Crippen LogP contribution in [0.4, 0.5) is 11.4 Å². The van der Waals surface area contributed by atoms with Crippen LogP contribution in [-0.4, -0.2) is 68.3 Å². The predicted molar refractivity (Wildman–Crippen MR) is 89.6 cm³/mol. The number of nitrogens with zero attached hydrogens (tertiary/aromatic N) is 3. The molecule has 1 aliphatic carbocycles. The molecule has 1 aromatic carbocycles. The Morgan fingerprint density at radius 3 is 2.45 bits per heavy atom. The van der Waals surface area contributed by atoms with Crippen LogP contribution in [-0.2, 0) is 0 Å². The molecular formula is C17H26N4O. The Hall–Kier alpha value is -1.46. The molecule has 3 fully saturated rings. The molecule has 0 atom stereocenters. The lowest BCUT2D eigenvalue weighted by atomic mass is 10.0. The van der Waals surface area contributed by atoms with Gasteiger partial charge in [0.1, 0.15) is 5.75 Å². The molecule has 0 spiro atoms. The standard InChI is InChI=1S/C17H26N4O/c1-19-6-8-20(9-7-19)14-11-21(12-14)13-2-5-17(16(18)10-13)22-15-3-4-15/h2,5,10,14-15H,3-4,6-9,11-12,18H2,1H3. The van der Waals surface area contributed by atoms with E-state index in [1.807, 2.05) is 6.07 Å². The molecule has 2 N–H and O–H groups in total. The topological polar surface area (TPSA) is 45.0 Å². The molecule has 2 aliphatic heterocycles. The van der Waals surface area contributed by atoms with Gasteiger partial charge in [0, 0.05) is 51.0 Å². The van der Waals surface area contributed by atoms with Crippen molar-refractivity contribution in [3.05, 3.63) is 18.2 Å². The summed E-state index contributed by atoms with van der Waals surface area (Å²) in [6, 6.07) is 6.95. The van der Waals surface area contributed by atoms with Gasteiger partial charge >= 0.3 is 0 Å². The van der Waals surface area contributed by atoms with Crippen molar-refractivity contribution in [1.82, 2.24) is 9.80 Å². The lowest BCUT2D eigenvalue weighted by Crippen LogP contribution is -2.63. The molecule has 22 heavy (non-hydrogen) atoms. The van der Waals surface area contributed by atoms with Crippen molar-refractivity contribution < 1.29 is 4.74 Å². The monoisotopic (exact) mass is 302 g/mol. The Morgan fingerprint density at radius 1 is 1.09 bits per heavy atom. The molecule has 2 saturated heterocycles.